The van der Waals surface area contributed by atoms with Gasteiger partial charge in [-0.3, -0.25) is 0 Å². The molecule has 0 saturated carbocycles. The SMILES string of the molecule is c1ccc(-c2nc(-c3cc4oc5c6ccccc6cc6oc7ccc8sc(c3)c4c8c7c65)nc(-c3cccc4oc5cc6ccccc6cc5c34)n2)cc1. The lowest BCUT2D eigenvalue weighted by atomic mass is 10.0. The Morgan fingerprint density at radius 2 is 1.07 bits per heavy atom. The fourth-order valence-electron chi connectivity index (χ4n) is 8.46. The van der Waals surface area contributed by atoms with Crippen LogP contribution in [0, 0.1) is 0 Å². The van der Waals surface area contributed by atoms with Crippen molar-refractivity contribution in [3.63, 3.8) is 0 Å². The number of rotatable bonds is 3. The van der Waals surface area contributed by atoms with Gasteiger partial charge in [0.25, 0.3) is 0 Å². The Morgan fingerprint density at radius 1 is 0.370 bits per heavy atom. The molecule has 0 N–H and O–H groups in total. The van der Waals surface area contributed by atoms with Gasteiger partial charge in [-0.25, -0.2) is 15.0 Å². The average Bonchev–Trinajstić information content (AvgIpc) is 3.87. The van der Waals surface area contributed by atoms with E-state index in [1.807, 2.05) is 48.5 Å². The maximum Gasteiger partial charge on any atom is 0.164 e. The predicted octanol–water partition coefficient (Wildman–Crippen LogP) is 13.5. The van der Waals surface area contributed by atoms with Crippen molar-refractivity contribution < 1.29 is 13.3 Å². The molecule has 0 aliphatic heterocycles. The highest BCUT2D eigenvalue weighted by Gasteiger charge is 2.24. The molecule has 0 radical (unpaired) electrons. The molecule has 0 saturated heterocycles. The highest BCUT2D eigenvalue weighted by Crippen LogP contribution is 2.49. The Labute approximate surface area is 308 Å². The largest absolute Gasteiger partial charge is 0.456 e. The number of benzene rings is 8. The van der Waals surface area contributed by atoms with E-state index in [1.165, 1.54) is 4.70 Å². The molecule has 13 rings (SSSR count). The zero-order valence-corrected chi connectivity index (χ0v) is 29.1. The molecule has 0 aliphatic rings. The van der Waals surface area contributed by atoms with Gasteiger partial charge in [0, 0.05) is 58.4 Å². The molecule has 8 aromatic carbocycles. The Balaban J connectivity index is 1.12. The van der Waals surface area contributed by atoms with Crippen LogP contribution in [0.5, 0.6) is 0 Å². The van der Waals surface area contributed by atoms with Crippen molar-refractivity contribution in [1.82, 2.24) is 15.0 Å². The van der Waals surface area contributed by atoms with Gasteiger partial charge in [0.15, 0.2) is 17.5 Å². The summed E-state index contributed by atoms with van der Waals surface area (Å²) in [5, 5.41) is 10.7. The molecule has 0 fully saturated rings. The summed E-state index contributed by atoms with van der Waals surface area (Å²) in [7, 11) is 0. The number of fused-ring (bicyclic) bond motifs is 6. The fourth-order valence-corrected chi connectivity index (χ4v) is 9.63. The third-order valence-electron chi connectivity index (χ3n) is 10.8. The quantitative estimate of drug-likeness (QED) is 0.182. The number of nitrogens with zero attached hydrogens (tertiary/aromatic N) is 3. The maximum atomic E-state index is 7.07. The van der Waals surface area contributed by atoms with Crippen LogP contribution in [0.4, 0.5) is 0 Å². The zero-order chi connectivity index (χ0) is 35.1. The van der Waals surface area contributed by atoms with Gasteiger partial charge < -0.3 is 13.3 Å². The van der Waals surface area contributed by atoms with E-state index in [2.05, 4.69) is 91.0 Å². The summed E-state index contributed by atoms with van der Waals surface area (Å²) in [6.07, 6.45) is 0. The van der Waals surface area contributed by atoms with Crippen LogP contribution >= 0.6 is 11.3 Å². The van der Waals surface area contributed by atoms with Crippen molar-refractivity contribution in [3.05, 3.63) is 140 Å². The van der Waals surface area contributed by atoms with Gasteiger partial charge in [0.05, 0.1) is 5.39 Å². The van der Waals surface area contributed by atoms with Crippen LogP contribution in [0.2, 0.25) is 0 Å². The van der Waals surface area contributed by atoms with E-state index in [-0.39, 0.29) is 0 Å². The number of hydrogen-bond acceptors (Lipinski definition) is 7. The first-order valence-electron chi connectivity index (χ1n) is 17.8. The summed E-state index contributed by atoms with van der Waals surface area (Å²) >= 11 is 1.75. The monoisotopic (exact) mass is 709 g/mol. The standard InChI is InChI=1S/C47H23N3O3S/c1-2-9-24(10-3-1)45-48-46(50-47(49-45)30-15-8-16-32-39(30)31-19-25-11-4-5-12-26(25)20-34(31)51-32)28-22-35-40-38(23-28)54-37-18-17-33-41(43(37)40)42-36(52-33)21-27-13-6-7-14-29(27)44(42)53-35/h1-23H. The first kappa shape index (κ1) is 28.5. The second-order valence-corrected chi connectivity index (χ2v) is 15.0. The molecule has 54 heavy (non-hydrogen) atoms. The lowest BCUT2D eigenvalue weighted by Gasteiger charge is -2.10. The van der Waals surface area contributed by atoms with Gasteiger partial charge in [-0.05, 0) is 64.7 Å². The fraction of sp³-hybridized carbons (Fsp3) is 0. The van der Waals surface area contributed by atoms with E-state index in [9.17, 15) is 0 Å². The third kappa shape index (κ3) is 3.85. The molecule has 0 bridgehead atoms. The van der Waals surface area contributed by atoms with Crippen LogP contribution in [-0.4, -0.2) is 15.0 Å². The van der Waals surface area contributed by atoms with Crippen molar-refractivity contribution >= 4 is 108 Å². The highest BCUT2D eigenvalue weighted by atomic mass is 32.1. The molecular formula is C47H23N3O3S. The second kappa shape index (κ2) is 10.3. The Hall–Kier alpha value is -7.09. The van der Waals surface area contributed by atoms with E-state index in [0.717, 1.165) is 109 Å². The van der Waals surface area contributed by atoms with E-state index in [1.54, 1.807) is 11.3 Å². The maximum absolute atomic E-state index is 7.07. The average molecular weight is 710 g/mol. The van der Waals surface area contributed by atoms with E-state index >= 15 is 0 Å². The van der Waals surface area contributed by atoms with Crippen LogP contribution in [0.3, 0.4) is 0 Å². The Morgan fingerprint density at radius 3 is 1.96 bits per heavy atom. The number of furan rings is 2. The molecule has 0 amide bonds. The topological polar surface area (TPSA) is 78.1 Å². The highest BCUT2D eigenvalue weighted by molar-refractivity contribution is 7.26. The summed E-state index contributed by atoms with van der Waals surface area (Å²) < 4.78 is 22.3. The molecule has 5 heterocycles. The van der Waals surface area contributed by atoms with E-state index < -0.39 is 0 Å². The number of hydrogen-bond donors (Lipinski definition) is 0. The molecule has 0 spiro atoms. The smallest absolute Gasteiger partial charge is 0.164 e. The lowest BCUT2D eigenvalue weighted by molar-refractivity contribution is 0.660. The molecule has 0 unspecified atom stereocenters. The molecular weight excluding hydrogens is 687 g/mol. The van der Waals surface area contributed by atoms with Gasteiger partial charge in [-0.1, -0.05) is 91.0 Å². The Kier molecular flexibility index (Phi) is 5.42. The summed E-state index contributed by atoms with van der Waals surface area (Å²) in [5.74, 6) is 1.73. The summed E-state index contributed by atoms with van der Waals surface area (Å²) in [5.41, 5.74) is 7.50. The first-order valence-corrected chi connectivity index (χ1v) is 18.6. The first-order chi connectivity index (χ1) is 26.7. The van der Waals surface area contributed by atoms with Crippen LogP contribution in [0.1, 0.15) is 0 Å². The zero-order valence-electron chi connectivity index (χ0n) is 28.3. The van der Waals surface area contributed by atoms with Crippen LogP contribution in [0.15, 0.2) is 153 Å². The van der Waals surface area contributed by atoms with Gasteiger partial charge in [-0.2, -0.15) is 0 Å². The van der Waals surface area contributed by atoms with Crippen molar-refractivity contribution in [2.24, 2.45) is 0 Å². The molecule has 250 valence electrons. The van der Waals surface area contributed by atoms with Gasteiger partial charge in [0.2, 0.25) is 0 Å². The van der Waals surface area contributed by atoms with Gasteiger partial charge in [-0.15, -0.1) is 11.3 Å². The molecule has 5 aromatic heterocycles. The molecule has 6 nitrogen and oxygen atoms in total. The molecule has 0 aliphatic carbocycles. The second-order valence-electron chi connectivity index (χ2n) is 13.9. The van der Waals surface area contributed by atoms with E-state index in [0.29, 0.717) is 17.5 Å². The third-order valence-corrected chi connectivity index (χ3v) is 11.9. The minimum atomic E-state index is 0.563. The van der Waals surface area contributed by atoms with Gasteiger partial charge in [0.1, 0.15) is 33.5 Å². The normalized spacial score (nSPS) is 12.4. The van der Waals surface area contributed by atoms with Crippen molar-refractivity contribution in [3.8, 4) is 34.2 Å². The van der Waals surface area contributed by atoms with Gasteiger partial charge >= 0.3 is 0 Å². The van der Waals surface area contributed by atoms with Crippen molar-refractivity contribution in [2.75, 3.05) is 0 Å². The lowest BCUT2D eigenvalue weighted by Crippen LogP contribution is -2.00. The Bertz CT molecular complexity index is 3680. The summed E-state index contributed by atoms with van der Waals surface area (Å²) in [6.45, 7) is 0. The van der Waals surface area contributed by atoms with Crippen LogP contribution in [-0.2, 0) is 0 Å². The minimum absolute atomic E-state index is 0.563. The number of aromatic nitrogens is 3. The van der Waals surface area contributed by atoms with Crippen molar-refractivity contribution in [2.45, 2.75) is 0 Å². The minimum Gasteiger partial charge on any atom is -0.456 e. The van der Waals surface area contributed by atoms with Crippen molar-refractivity contribution in [1.29, 1.82) is 0 Å². The van der Waals surface area contributed by atoms with E-state index in [4.69, 9.17) is 28.2 Å². The molecule has 7 heteroatoms. The molecule has 13 aromatic rings. The summed E-state index contributed by atoms with van der Waals surface area (Å²) in [4.78, 5) is 15.5. The van der Waals surface area contributed by atoms with Crippen LogP contribution < -0.4 is 0 Å². The predicted molar refractivity (Wildman–Crippen MR) is 220 cm³/mol. The number of thiophene rings is 1. The molecule has 0 atom stereocenters. The van der Waals surface area contributed by atoms with Crippen LogP contribution in [0.25, 0.3) is 131 Å². The summed E-state index contributed by atoms with van der Waals surface area (Å²) in [6, 6.07) is 47.8.